The normalized spacial score (nSPS) is 20.8. The van der Waals surface area contributed by atoms with Crippen molar-refractivity contribution in [2.45, 2.75) is 57.4 Å². The number of para-hydroxylation sites is 1. The van der Waals surface area contributed by atoms with Crippen molar-refractivity contribution in [2.75, 3.05) is 19.7 Å². The number of likely N-dealkylation sites (tertiary alicyclic amines) is 1. The van der Waals surface area contributed by atoms with Crippen LogP contribution in [0.15, 0.2) is 60.7 Å². The first-order valence-corrected chi connectivity index (χ1v) is 15.2. The summed E-state index contributed by atoms with van der Waals surface area (Å²) in [7, 11) is 0. The molecule has 0 aliphatic carbocycles. The predicted octanol–water partition coefficient (Wildman–Crippen LogP) is 7.23. The molecule has 3 aliphatic rings. The maximum Gasteiger partial charge on any atom is 0.335 e. The molecule has 4 aromatic rings. The molecule has 3 aliphatic heterocycles. The number of aromatic carboxylic acids is 1. The van der Waals surface area contributed by atoms with Gasteiger partial charge in [0.1, 0.15) is 23.5 Å². The molecular formula is C34H33ClFN3O4. The lowest BCUT2D eigenvalue weighted by Gasteiger charge is -2.35. The van der Waals surface area contributed by atoms with E-state index in [2.05, 4.69) is 34.6 Å². The van der Waals surface area contributed by atoms with E-state index in [-0.39, 0.29) is 17.5 Å². The number of rotatable bonds is 7. The molecule has 1 aromatic heterocycles. The lowest BCUT2D eigenvalue weighted by molar-refractivity contribution is -0.0592. The largest absolute Gasteiger partial charge is 0.481 e. The molecule has 3 aromatic carbocycles. The molecule has 0 saturated carbocycles. The van der Waals surface area contributed by atoms with Crippen molar-refractivity contribution < 1.29 is 23.8 Å². The van der Waals surface area contributed by atoms with E-state index in [0.29, 0.717) is 29.6 Å². The first kappa shape index (κ1) is 28.1. The molecule has 43 heavy (non-hydrogen) atoms. The fourth-order valence-corrected chi connectivity index (χ4v) is 6.70. The number of carboxylic acids is 1. The van der Waals surface area contributed by atoms with Crippen LogP contribution in [0.3, 0.4) is 0 Å². The molecule has 7 nitrogen and oxygen atoms in total. The number of carbonyl (C=O) groups is 1. The Morgan fingerprint density at radius 1 is 1.09 bits per heavy atom. The van der Waals surface area contributed by atoms with Crippen LogP contribution in [0.4, 0.5) is 4.39 Å². The van der Waals surface area contributed by atoms with Crippen LogP contribution in [-0.4, -0.2) is 51.3 Å². The molecule has 222 valence electrons. The van der Waals surface area contributed by atoms with Gasteiger partial charge < -0.3 is 19.1 Å². The van der Waals surface area contributed by atoms with Crippen LogP contribution in [0.25, 0.3) is 16.6 Å². The summed E-state index contributed by atoms with van der Waals surface area (Å²) in [5.74, 6) is 0.774. The number of hydrogen-bond donors (Lipinski definition) is 1. The van der Waals surface area contributed by atoms with Gasteiger partial charge >= 0.3 is 5.97 Å². The van der Waals surface area contributed by atoms with E-state index in [1.165, 1.54) is 11.6 Å². The van der Waals surface area contributed by atoms with Crippen LogP contribution in [0, 0.1) is 5.82 Å². The Labute approximate surface area is 254 Å². The van der Waals surface area contributed by atoms with Crippen molar-refractivity contribution >= 4 is 34.2 Å². The van der Waals surface area contributed by atoms with Crippen LogP contribution in [0.1, 0.15) is 71.1 Å². The zero-order valence-corrected chi connectivity index (χ0v) is 24.7. The van der Waals surface area contributed by atoms with Crippen LogP contribution < -0.4 is 4.74 Å². The van der Waals surface area contributed by atoms with Crippen LogP contribution in [0.5, 0.6) is 5.75 Å². The molecule has 0 bridgehead atoms. The minimum atomic E-state index is -0.944. The monoisotopic (exact) mass is 601 g/mol. The molecule has 2 saturated heterocycles. The summed E-state index contributed by atoms with van der Waals surface area (Å²) in [5, 5.41) is 9.91. The van der Waals surface area contributed by atoms with E-state index in [1.54, 1.807) is 30.3 Å². The molecule has 2 fully saturated rings. The minimum absolute atomic E-state index is 0.127. The molecule has 4 heterocycles. The van der Waals surface area contributed by atoms with Gasteiger partial charge in [-0.05, 0) is 92.7 Å². The Bertz CT molecular complexity index is 1740. The number of nitrogens with zero attached hydrogens (tertiary/aromatic N) is 3. The SMILES string of the molecule is CC1=CC(c2ccc(Cl)cc2F)Oc2c1cccc2C1CCN(Cc2nc3ccc(C(=O)O)cc3n2C[C@@H]2CCO2)CC1. The highest BCUT2D eigenvalue weighted by molar-refractivity contribution is 6.30. The highest BCUT2D eigenvalue weighted by atomic mass is 35.5. The van der Waals surface area contributed by atoms with Crippen molar-refractivity contribution in [2.24, 2.45) is 0 Å². The van der Waals surface area contributed by atoms with Gasteiger partial charge in [0.15, 0.2) is 0 Å². The quantitative estimate of drug-likeness (QED) is 0.241. The van der Waals surface area contributed by atoms with E-state index in [4.69, 9.17) is 26.1 Å². The number of benzene rings is 3. The fourth-order valence-electron chi connectivity index (χ4n) is 6.55. The van der Waals surface area contributed by atoms with Gasteiger partial charge in [-0.3, -0.25) is 4.90 Å². The summed E-state index contributed by atoms with van der Waals surface area (Å²) in [6.07, 6.45) is 4.49. The number of fused-ring (bicyclic) bond motifs is 2. The second-order valence-corrected chi connectivity index (χ2v) is 12.2. The molecule has 9 heteroatoms. The summed E-state index contributed by atoms with van der Waals surface area (Å²) >= 11 is 6.00. The number of allylic oxidation sites excluding steroid dienone is 1. The summed E-state index contributed by atoms with van der Waals surface area (Å²) in [5.41, 5.74) is 5.67. The second kappa shape index (κ2) is 11.4. The van der Waals surface area contributed by atoms with Gasteiger partial charge in [-0.1, -0.05) is 35.9 Å². The number of piperidine rings is 1. The highest BCUT2D eigenvalue weighted by Crippen LogP contribution is 2.44. The van der Waals surface area contributed by atoms with Gasteiger partial charge in [-0.2, -0.15) is 0 Å². The summed E-state index contributed by atoms with van der Waals surface area (Å²) in [6, 6.07) is 16.2. The first-order chi connectivity index (χ1) is 20.8. The fraction of sp³-hybridized carbons (Fsp3) is 0.353. The van der Waals surface area contributed by atoms with E-state index < -0.39 is 12.1 Å². The Hall–Kier alpha value is -3.72. The number of ether oxygens (including phenoxy) is 2. The van der Waals surface area contributed by atoms with Crippen molar-refractivity contribution in [3.63, 3.8) is 0 Å². The molecular weight excluding hydrogens is 569 g/mol. The van der Waals surface area contributed by atoms with Gasteiger partial charge in [0.25, 0.3) is 0 Å². The van der Waals surface area contributed by atoms with E-state index in [1.807, 2.05) is 6.08 Å². The Kier molecular flexibility index (Phi) is 7.45. The third-order valence-corrected chi connectivity index (χ3v) is 9.27. The minimum Gasteiger partial charge on any atom is -0.481 e. The second-order valence-electron chi connectivity index (χ2n) is 11.8. The highest BCUT2D eigenvalue weighted by Gasteiger charge is 2.30. The average Bonchev–Trinajstić information content (AvgIpc) is 3.31. The summed E-state index contributed by atoms with van der Waals surface area (Å²) < 4.78 is 29.2. The maximum atomic E-state index is 14.8. The molecule has 0 spiro atoms. The van der Waals surface area contributed by atoms with Crippen LogP contribution >= 0.6 is 11.6 Å². The summed E-state index contributed by atoms with van der Waals surface area (Å²) in [4.78, 5) is 19.0. The molecule has 1 unspecified atom stereocenters. The third-order valence-electron chi connectivity index (χ3n) is 9.03. The van der Waals surface area contributed by atoms with E-state index in [0.717, 1.165) is 72.7 Å². The Morgan fingerprint density at radius 3 is 2.63 bits per heavy atom. The zero-order valence-electron chi connectivity index (χ0n) is 23.9. The number of imidazole rings is 1. The summed E-state index contributed by atoms with van der Waals surface area (Å²) in [6.45, 7) is 5.94. The number of halogens is 2. The van der Waals surface area contributed by atoms with Gasteiger partial charge in [0.05, 0.1) is 35.8 Å². The molecule has 2 atom stereocenters. The first-order valence-electron chi connectivity index (χ1n) is 14.8. The third kappa shape index (κ3) is 5.44. The Balaban J connectivity index is 1.10. The van der Waals surface area contributed by atoms with Gasteiger partial charge in [0.2, 0.25) is 0 Å². The van der Waals surface area contributed by atoms with Crippen molar-refractivity contribution in [1.29, 1.82) is 0 Å². The van der Waals surface area contributed by atoms with Gasteiger partial charge in [0, 0.05) is 22.8 Å². The van der Waals surface area contributed by atoms with E-state index in [9.17, 15) is 14.3 Å². The van der Waals surface area contributed by atoms with Crippen LogP contribution in [0.2, 0.25) is 5.02 Å². The predicted molar refractivity (Wildman–Crippen MR) is 163 cm³/mol. The van der Waals surface area contributed by atoms with E-state index >= 15 is 0 Å². The topological polar surface area (TPSA) is 76.8 Å². The van der Waals surface area contributed by atoms with Crippen molar-refractivity contribution in [1.82, 2.24) is 14.5 Å². The van der Waals surface area contributed by atoms with Crippen molar-refractivity contribution in [3.8, 4) is 5.75 Å². The number of hydrogen-bond acceptors (Lipinski definition) is 5. The van der Waals surface area contributed by atoms with Gasteiger partial charge in [-0.15, -0.1) is 0 Å². The Morgan fingerprint density at radius 2 is 1.91 bits per heavy atom. The van der Waals surface area contributed by atoms with Crippen molar-refractivity contribution in [3.05, 3.63) is 99.6 Å². The lowest BCUT2D eigenvalue weighted by atomic mass is 9.85. The molecule has 0 radical (unpaired) electrons. The maximum absolute atomic E-state index is 14.8. The standard InChI is InChI=1S/C34H33ClFN3O4/c1-20-15-31(27-7-6-23(35)17-28(27)36)43-33-25(20)3-2-4-26(33)21-9-12-38(13-10-21)19-32-37-29-8-5-22(34(40)41)16-30(29)39(32)18-24-11-14-42-24/h2-8,15-17,21,24,31H,9-14,18-19H2,1H3,(H,40,41)/t24-,31?/m0/s1. The smallest absolute Gasteiger partial charge is 0.335 e. The average molecular weight is 602 g/mol. The lowest BCUT2D eigenvalue weighted by Crippen LogP contribution is -2.35. The van der Waals surface area contributed by atoms with Gasteiger partial charge in [-0.25, -0.2) is 14.2 Å². The number of aromatic nitrogens is 2. The van der Waals surface area contributed by atoms with Crippen LogP contribution in [-0.2, 0) is 17.8 Å². The molecule has 7 rings (SSSR count). The molecule has 0 amide bonds. The molecule has 1 N–H and O–H groups in total. The zero-order chi connectivity index (χ0) is 29.7. The number of carboxylic acid groups (broad SMARTS) is 1.